The van der Waals surface area contributed by atoms with Crippen molar-refractivity contribution in [3.05, 3.63) is 0 Å². The van der Waals surface area contributed by atoms with Crippen LogP contribution in [0.1, 0.15) is 85.0 Å². The van der Waals surface area contributed by atoms with Gasteiger partial charge in [0.2, 0.25) is 0 Å². The minimum Gasteiger partial charge on any atom is -0.299 e. The average molecular weight is 303 g/mol. The molecule has 7 unspecified atom stereocenters. The Labute approximate surface area is 136 Å². The van der Waals surface area contributed by atoms with Gasteiger partial charge in [-0.1, -0.05) is 33.6 Å². The number of carbonyl (C=O) groups is 1. The fourth-order valence-corrected chi connectivity index (χ4v) is 7.52. The molecule has 1 heteroatoms. The third kappa shape index (κ3) is 1.99. The van der Waals surface area contributed by atoms with E-state index in [9.17, 15) is 4.79 Å². The molecule has 0 aromatic heterocycles. The fourth-order valence-electron chi connectivity index (χ4n) is 7.52. The minimum atomic E-state index is 0.0579. The number of hydrogen-bond donors (Lipinski definition) is 0. The van der Waals surface area contributed by atoms with E-state index in [-0.39, 0.29) is 5.41 Å². The first-order chi connectivity index (χ1) is 10.4. The third-order valence-corrected chi connectivity index (χ3v) is 8.87. The van der Waals surface area contributed by atoms with Crippen LogP contribution in [0.4, 0.5) is 0 Å². The predicted molar refractivity (Wildman–Crippen MR) is 90.5 cm³/mol. The Kier molecular flexibility index (Phi) is 3.51. The second-order valence-electron chi connectivity index (χ2n) is 9.81. The molecule has 4 rings (SSSR count). The maximum atomic E-state index is 12.5. The molecule has 22 heavy (non-hydrogen) atoms. The molecule has 0 heterocycles. The van der Waals surface area contributed by atoms with Crippen molar-refractivity contribution in [3.63, 3.8) is 0 Å². The lowest BCUT2D eigenvalue weighted by Crippen LogP contribution is -2.51. The first kappa shape index (κ1) is 15.2. The smallest absolute Gasteiger partial charge is 0.139 e. The summed E-state index contributed by atoms with van der Waals surface area (Å²) in [6.45, 7) is 7.43. The molecule has 4 aliphatic rings. The van der Waals surface area contributed by atoms with Gasteiger partial charge in [0, 0.05) is 11.8 Å². The van der Waals surface area contributed by atoms with Gasteiger partial charge < -0.3 is 0 Å². The van der Waals surface area contributed by atoms with Crippen LogP contribution in [0.3, 0.4) is 0 Å². The highest BCUT2D eigenvalue weighted by molar-refractivity contribution is 5.87. The van der Waals surface area contributed by atoms with Gasteiger partial charge in [0.15, 0.2) is 0 Å². The third-order valence-electron chi connectivity index (χ3n) is 8.87. The van der Waals surface area contributed by atoms with E-state index in [2.05, 4.69) is 20.8 Å². The van der Waals surface area contributed by atoms with Crippen LogP contribution >= 0.6 is 0 Å². The van der Waals surface area contributed by atoms with Gasteiger partial charge >= 0.3 is 0 Å². The Morgan fingerprint density at radius 3 is 2.59 bits per heavy atom. The highest BCUT2D eigenvalue weighted by atomic mass is 16.1. The van der Waals surface area contributed by atoms with Crippen molar-refractivity contribution in [3.8, 4) is 0 Å². The zero-order chi connectivity index (χ0) is 15.5. The van der Waals surface area contributed by atoms with Gasteiger partial charge in [-0.25, -0.2) is 0 Å². The molecule has 4 saturated carbocycles. The summed E-state index contributed by atoms with van der Waals surface area (Å²) in [6.07, 6.45) is 13.3. The summed E-state index contributed by atoms with van der Waals surface area (Å²) in [6, 6.07) is 0. The summed E-state index contributed by atoms with van der Waals surface area (Å²) in [5.74, 6) is 4.99. The lowest BCUT2D eigenvalue weighted by molar-refractivity contribution is -0.136. The quantitative estimate of drug-likeness (QED) is 0.567. The largest absolute Gasteiger partial charge is 0.299 e. The lowest BCUT2D eigenvalue weighted by Gasteiger charge is -2.58. The average Bonchev–Trinajstić information content (AvgIpc) is 2.68. The van der Waals surface area contributed by atoms with Crippen molar-refractivity contribution in [1.82, 2.24) is 0 Å². The summed E-state index contributed by atoms with van der Waals surface area (Å²) in [4.78, 5) is 12.5. The fraction of sp³-hybridized carbons (Fsp3) is 0.952. The zero-order valence-corrected chi connectivity index (χ0v) is 14.9. The van der Waals surface area contributed by atoms with Crippen molar-refractivity contribution in [2.45, 2.75) is 85.0 Å². The molecule has 0 aromatic rings. The zero-order valence-electron chi connectivity index (χ0n) is 14.9. The molecule has 1 nitrogen and oxygen atoms in total. The standard InChI is InChI=1S/C21H34O/c1-14-5-4-11-20(2)15(13-14)6-7-16-17-8-9-19(22)21(17,3)12-10-18(16)20/h14-18H,4-13H2,1-3H3. The number of fused-ring (bicyclic) bond motifs is 5. The van der Waals surface area contributed by atoms with Crippen LogP contribution in [-0.4, -0.2) is 5.78 Å². The molecule has 0 saturated heterocycles. The highest BCUT2D eigenvalue weighted by Crippen LogP contribution is 2.65. The van der Waals surface area contributed by atoms with Crippen LogP contribution in [0, 0.1) is 40.4 Å². The summed E-state index contributed by atoms with van der Waals surface area (Å²) in [5, 5.41) is 0. The summed E-state index contributed by atoms with van der Waals surface area (Å²) < 4.78 is 0. The van der Waals surface area contributed by atoms with Gasteiger partial charge in [0.05, 0.1) is 0 Å². The molecular formula is C21H34O. The molecule has 0 aromatic carbocycles. The Hall–Kier alpha value is -0.330. The van der Waals surface area contributed by atoms with Crippen molar-refractivity contribution in [1.29, 1.82) is 0 Å². The van der Waals surface area contributed by atoms with Crippen LogP contribution in [0.2, 0.25) is 0 Å². The van der Waals surface area contributed by atoms with Gasteiger partial charge in [0.25, 0.3) is 0 Å². The summed E-state index contributed by atoms with van der Waals surface area (Å²) in [7, 11) is 0. The molecule has 0 aliphatic heterocycles. The Morgan fingerprint density at radius 2 is 1.77 bits per heavy atom. The van der Waals surface area contributed by atoms with E-state index in [1.807, 2.05) is 0 Å². The molecule has 0 N–H and O–H groups in total. The molecule has 0 bridgehead atoms. The predicted octanol–water partition coefficient (Wildman–Crippen LogP) is 5.62. The SMILES string of the molecule is CC1CCCC2(C)C(CCC3C4CCC(=O)C4(C)CCC32)C1. The van der Waals surface area contributed by atoms with E-state index in [1.165, 1.54) is 57.8 Å². The lowest BCUT2D eigenvalue weighted by atomic mass is 9.47. The number of rotatable bonds is 0. The summed E-state index contributed by atoms with van der Waals surface area (Å²) >= 11 is 0. The van der Waals surface area contributed by atoms with Gasteiger partial charge in [-0.05, 0) is 80.0 Å². The van der Waals surface area contributed by atoms with E-state index < -0.39 is 0 Å². The minimum absolute atomic E-state index is 0.0579. The topological polar surface area (TPSA) is 17.1 Å². The van der Waals surface area contributed by atoms with Crippen molar-refractivity contribution >= 4 is 5.78 Å². The molecule has 0 spiro atoms. The summed E-state index contributed by atoms with van der Waals surface area (Å²) in [5.41, 5.74) is 0.642. The van der Waals surface area contributed by atoms with E-state index in [1.54, 1.807) is 0 Å². The monoisotopic (exact) mass is 302 g/mol. The molecule has 4 fully saturated rings. The van der Waals surface area contributed by atoms with E-state index in [4.69, 9.17) is 0 Å². The Balaban J connectivity index is 1.64. The van der Waals surface area contributed by atoms with E-state index in [0.717, 1.165) is 36.0 Å². The number of hydrogen-bond acceptors (Lipinski definition) is 1. The molecule has 7 atom stereocenters. The molecule has 0 radical (unpaired) electrons. The maximum absolute atomic E-state index is 12.5. The molecule has 124 valence electrons. The van der Waals surface area contributed by atoms with Gasteiger partial charge in [-0.2, -0.15) is 0 Å². The Bertz CT molecular complexity index is 469. The normalized spacial score (nSPS) is 55.0. The first-order valence-electron chi connectivity index (χ1n) is 9.98. The van der Waals surface area contributed by atoms with Crippen molar-refractivity contribution < 1.29 is 4.79 Å². The van der Waals surface area contributed by atoms with Gasteiger partial charge in [0.1, 0.15) is 5.78 Å². The highest BCUT2D eigenvalue weighted by Gasteiger charge is 2.59. The van der Waals surface area contributed by atoms with Crippen LogP contribution in [-0.2, 0) is 4.79 Å². The van der Waals surface area contributed by atoms with Crippen molar-refractivity contribution in [2.24, 2.45) is 40.4 Å². The number of ketones is 1. The Morgan fingerprint density at radius 1 is 0.955 bits per heavy atom. The van der Waals surface area contributed by atoms with E-state index >= 15 is 0 Å². The maximum Gasteiger partial charge on any atom is 0.139 e. The van der Waals surface area contributed by atoms with Gasteiger partial charge in [-0.15, -0.1) is 0 Å². The van der Waals surface area contributed by atoms with E-state index in [0.29, 0.717) is 11.2 Å². The van der Waals surface area contributed by atoms with Crippen molar-refractivity contribution in [2.75, 3.05) is 0 Å². The molecule has 4 aliphatic carbocycles. The number of carbonyl (C=O) groups excluding carboxylic acids is 1. The first-order valence-corrected chi connectivity index (χ1v) is 9.98. The molecular weight excluding hydrogens is 268 g/mol. The van der Waals surface area contributed by atoms with Crippen LogP contribution in [0.5, 0.6) is 0 Å². The molecule has 0 amide bonds. The number of Topliss-reactive ketones (excluding diaryl/α,β-unsaturated/α-hetero) is 1. The van der Waals surface area contributed by atoms with Crippen LogP contribution < -0.4 is 0 Å². The second kappa shape index (κ2) is 5.08. The van der Waals surface area contributed by atoms with Crippen LogP contribution in [0.15, 0.2) is 0 Å². The van der Waals surface area contributed by atoms with Gasteiger partial charge in [-0.3, -0.25) is 4.79 Å². The second-order valence-corrected chi connectivity index (χ2v) is 9.81. The van der Waals surface area contributed by atoms with Crippen LogP contribution in [0.25, 0.3) is 0 Å².